The fourth-order valence-electron chi connectivity index (χ4n) is 6.36. The van der Waals surface area contributed by atoms with Crippen LogP contribution in [-0.4, -0.2) is 79.2 Å². The van der Waals surface area contributed by atoms with E-state index in [1.165, 1.54) is 17.9 Å². The third kappa shape index (κ3) is 9.12. The van der Waals surface area contributed by atoms with Crippen molar-refractivity contribution in [3.8, 4) is 0 Å². The number of sulfonamides is 1. The summed E-state index contributed by atoms with van der Waals surface area (Å²) in [5, 5.41) is 1.61. The smallest absolute Gasteiger partial charge is 0.368 e. The number of nitrogens with zero attached hydrogens (tertiary/aromatic N) is 2. The average Bonchev–Trinajstić information content (AvgIpc) is 2.94. The van der Waals surface area contributed by atoms with Crippen molar-refractivity contribution in [3.63, 3.8) is 0 Å². The molecule has 0 radical (unpaired) electrons. The number of primary amides is 1. The van der Waals surface area contributed by atoms with E-state index in [9.17, 15) is 40.8 Å². The van der Waals surface area contributed by atoms with Crippen LogP contribution in [0.1, 0.15) is 74.7 Å². The molecule has 0 spiro atoms. The van der Waals surface area contributed by atoms with Gasteiger partial charge >= 0.3 is 12.1 Å². The van der Waals surface area contributed by atoms with Crippen LogP contribution in [0.2, 0.25) is 0 Å². The summed E-state index contributed by atoms with van der Waals surface area (Å²) in [5.41, 5.74) is 3.89. The number of alkyl halides is 3. The number of anilines is 1. The van der Waals surface area contributed by atoms with Gasteiger partial charge in [0.05, 0.1) is 16.9 Å². The zero-order chi connectivity index (χ0) is 36.3. The summed E-state index contributed by atoms with van der Waals surface area (Å²) in [6, 6.07) is 3.05. The molecular formula is C32H48F3N5O6S. The summed E-state index contributed by atoms with van der Waals surface area (Å²) in [6.45, 7) is 15.3. The number of hydrogen-bond acceptors (Lipinski definition) is 7. The van der Waals surface area contributed by atoms with Gasteiger partial charge in [-0.25, -0.2) is 13.1 Å². The molecule has 0 aromatic heterocycles. The Kier molecular flexibility index (Phi) is 12.5. The number of nitrogens with one attached hydrogen (secondary N) is 2. The molecule has 2 rings (SSSR count). The Morgan fingerprint density at radius 1 is 1.02 bits per heavy atom. The Labute approximate surface area is 275 Å². The topological polar surface area (TPSA) is 159 Å². The number of carbonyl (C=O) groups excluding carboxylic acids is 4. The molecule has 47 heavy (non-hydrogen) atoms. The number of carbonyl (C=O) groups is 4. The Hall–Kier alpha value is -3.46. The van der Waals surface area contributed by atoms with Crippen LogP contribution in [0.5, 0.6) is 0 Å². The van der Waals surface area contributed by atoms with E-state index in [1.54, 1.807) is 12.4 Å². The highest BCUT2D eigenvalue weighted by atomic mass is 32.2. The first-order chi connectivity index (χ1) is 21.4. The number of halogens is 3. The summed E-state index contributed by atoms with van der Waals surface area (Å²) in [7, 11) is -2.88. The maximum atomic E-state index is 14.5. The van der Waals surface area contributed by atoms with E-state index in [0.717, 1.165) is 37.1 Å². The first-order valence-electron chi connectivity index (χ1n) is 15.4. The molecule has 15 heteroatoms. The SMILES string of the molecule is C/C(=C\[C@H](C(C)C)N(C)C(=O)[C@@H](C(C)(C)C)C1(C(N)=O)CCCCN1C(C)C)C(=O)NS(=O)(=O)c1ccc(NC(=O)C(F)(F)F)cc1. The van der Waals surface area contributed by atoms with E-state index in [2.05, 4.69) is 0 Å². The zero-order valence-electron chi connectivity index (χ0n) is 28.5. The lowest BCUT2D eigenvalue weighted by Gasteiger charge is -2.55. The van der Waals surface area contributed by atoms with Gasteiger partial charge < -0.3 is 16.0 Å². The lowest BCUT2D eigenvalue weighted by atomic mass is 9.63. The van der Waals surface area contributed by atoms with Crippen molar-refractivity contribution in [2.75, 3.05) is 18.9 Å². The number of nitrogens with two attached hydrogens (primary N) is 1. The van der Waals surface area contributed by atoms with Crippen molar-refractivity contribution in [2.24, 2.45) is 23.0 Å². The second-order valence-corrected chi connectivity index (χ2v) is 15.5. The maximum absolute atomic E-state index is 14.5. The minimum atomic E-state index is -5.13. The van der Waals surface area contributed by atoms with Crippen LogP contribution in [0.15, 0.2) is 40.8 Å². The minimum Gasteiger partial charge on any atom is -0.368 e. The number of piperidine rings is 1. The number of benzene rings is 1. The minimum absolute atomic E-state index is 0.0145. The van der Waals surface area contributed by atoms with Crippen molar-refractivity contribution >= 4 is 39.3 Å². The normalized spacial score (nSPS) is 19.7. The Balaban J connectivity index is 2.40. The van der Waals surface area contributed by atoms with Crippen molar-refractivity contribution in [1.82, 2.24) is 14.5 Å². The van der Waals surface area contributed by atoms with Gasteiger partial charge in [-0.15, -0.1) is 0 Å². The van der Waals surface area contributed by atoms with Crippen LogP contribution >= 0.6 is 0 Å². The lowest BCUT2D eigenvalue weighted by Crippen LogP contribution is -2.70. The van der Waals surface area contributed by atoms with Gasteiger partial charge in [-0.05, 0) is 82.2 Å². The van der Waals surface area contributed by atoms with Gasteiger partial charge in [-0.2, -0.15) is 13.2 Å². The fraction of sp³-hybridized carbons (Fsp3) is 0.625. The predicted octanol–water partition coefficient (Wildman–Crippen LogP) is 4.20. The Bertz CT molecular complexity index is 1470. The summed E-state index contributed by atoms with van der Waals surface area (Å²) >= 11 is 0. The van der Waals surface area contributed by atoms with E-state index in [0.29, 0.717) is 13.0 Å². The standard InChI is InChI=1S/C32H48F3N5O6S/c1-19(2)24(39(9)27(42)25(30(6,7)8)31(28(36)43)16-10-11-17-40(31)20(3)4)18-21(5)26(41)38-47(45,46)23-14-12-22(13-15-23)37-29(44)32(33,34)35/h12-15,18-20,24-25H,10-11,16-17H2,1-9H3,(H2,36,43)(H,37,44)(H,38,41)/b21-18+/t24-,25+,31?/m1/s1. The molecule has 1 saturated heterocycles. The van der Waals surface area contributed by atoms with Crippen LogP contribution < -0.4 is 15.8 Å². The van der Waals surface area contributed by atoms with Crippen molar-refractivity contribution in [2.45, 2.75) is 103 Å². The van der Waals surface area contributed by atoms with Gasteiger partial charge in [0.2, 0.25) is 11.8 Å². The molecule has 1 fully saturated rings. The molecule has 1 heterocycles. The molecule has 4 N–H and O–H groups in total. The van der Waals surface area contributed by atoms with Gasteiger partial charge in [-0.1, -0.05) is 40.7 Å². The molecule has 1 unspecified atom stereocenters. The number of rotatable bonds is 11. The number of hydrogen-bond donors (Lipinski definition) is 3. The summed E-state index contributed by atoms with van der Waals surface area (Å²) in [5.74, 6) is -5.18. The van der Waals surface area contributed by atoms with Crippen LogP contribution in [0.3, 0.4) is 0 Å². The molecule has 0 saturated carbocycles. The molecule has 1 aromatic rings. The van der Waals surface area contributed by atoms with Gasteiger partial charge in [-0.3, -0.25) is 24.1 Å². The summed E-state index contributed by atoms with van der Waals surface area (Å²) < 4.78 is 65.3. The van der Waals surface area contributed by atoms with E-state index >= 15 is 0 Å². The Morgan fingerprint density at radius 2 is 1.57 bits per heavy atom. The van der Waals surface area contributed by atoms with E-state index in [1.807, 2.05) is 58.1 Å². The second-order valence-electron chi connectivity index (χ2n) is 13.8. The highest BCUT2D eigenvalue weighted by molar-refractivity contribution is 7.90. The largest absolute Gasteiger partial charge is 0.471 e. The summed E-state index contributed by atoms with van der Waals surface area (Å²) in [6.07, 6.45) is -1.64. The first-order valence-corrected chi connectivity index (χ1v) is 16.9. The molecule has 3 atom stereocenters. The second kappa shape index (κ2) is 14.8. The van der Waals surface area contributed by atoms with Crippen LogP contribution in [0, 0.1) is 17.3 Å². The van der Waals surface area contributed by atoms with E-state index in [-0.39, 0.29) is 29.1 Å². The molecular weight excluding hydrogens is 639 g/mol. The van der Waals surface area contributed by atoms with Crippen molar-refractivity contribution in [1.29, 1.82) is 0 Å². The highest BCUT2D eigenvalue weighted by Gasteiger charge is 2.58. The molecule has 0 bridgehead atoms. The van der Waals surface area contributed by atoms with E-state index < -0.39 is 61.7 Å². The predicted molar refractivity (Wildman–Crippen MR) is 172 cm³/mol. The van der Waals surface area contributed by atoms with Crippen LogP contribution in [0.4, 0.5) is 18.9 Å². The molecule has 0 aliphatic carbocycles. The molecule has 1 aliphatic heterocycles. The number of likely N-dealkylation sites (N-methyl/N-ethyl adjacent to an activating group) is 1. The zero-order valence-corrected chi connectivity index (χ0v) is 29.3. The highest BCUT2D eigenvalue weighted by Crippen LogP contribution is 2.46. The van der Waals surface area contributed by atoms with E-state index in [4.69, 9.17) is 5.73 Å². The van der Waals surface area contributed by atoms with Gasteiger partial charge in [0, 0.05) is 24.4 Å². The Morgan fingerprint density at radius 3 is 2.02 bits per heavy atom. The molecule has 264 valence electrons. The number of amides is 4. The van der Waals surface area contributed by atoms with Crippen molar-refractivity contribution < 1.29 is 40.8 Å². The van der Waals surface area contributed by atoms with Gasteiger partial charge in [0.1, 0.15) is 5.54 Å². The van der Waals surface area contributed by atoms with Crippen LogP contribution in [0.25, 0.3) is 0 Å². The van der Waals surface area contributed by atoms with Crippen LogP contribution in [-0.2, 0) is 29.2 Å². The quantitative estimate of drug-likeness (QED) is 0.294. The fourth-order valence-corrected chi connectivity index (χ4v) is 7.38. The molecule has 11 nitrogen and oxygen atoms in total. The summed E-state index contributed by atoms with van der Waals surface area (Å²) in [4.78, 5) is 55.2. The molecule has 4 amide bonds. The monoisotopic (exact) mass is 687 g/mol. The first kappa shape index (κ1) is 39.7. The third-order valence-corrected chi connectivity index (χ3v) is 9.87. The lowest BCUT2D eigenvalue weighted by molar-refractivity contribution is -0.167. The van der Waals surface area contributed by atoms with Gasteiger partial charge in [0.25, 0.3) is 15.9 Å². The molecule has 1 aromatic carbocycles. The van der Waals surface area contributed by atoms with Gasteiger partial charge in [0.15, 0.2) is 0 Å². The average molecular weight is 688 g/mol. The number of likely N-dealkylation sites (tertiary alicyclic amines) is 1. The third-order valence-electron chi connectivity index (χ3n) is 8.52. The maximum Gasteiger partial charge on any atom is 0.471 e. The molecule has 1 aliphatic rings. The van der Waals surface area contributed by atoms with Crippen molar-refractivity contribution in [3.05, 3.63) is 35.9 Å².